The van der Waals surface area contributed by atoms with Gasteiger partial charge in [0, 0.05) is 30.2 Å². The molecule has 100 valence electrons. The number of hydrogen-bond acceptors (Lipinski definition) is 1. The summed E-state index contributed by atoms with van der Waals surface area (Å²) in [6.07, 6.45) is 7.69. The van der Waals surface area contributed by atoms with Crippen LogP contribution in [-0.2, 0) is 13.6 Å². The molecule has 0 aliphatic rings. The van der Waals surface area contributed by atoms with Crippen LogP contribution in [0.15, 0.2) is 24.3 Å². The van der Waals surface area contributed by atoms with Crippen LogP contribution in [0.2, 0.25) is 0 Å². The molecule has 2 aromatic rings. The number of hydrogen-bond donors (Lipinski definition) is 1. The van der Waals surface area contributed by atoms with Crippen LogP contribution in [0.4, 0.5) is 0 Å². The van der Waals surface area contributed by atoms with Crippen LogP contribution in [0.1, 0.15) is 31.0 Å². The predicted octanol–water partition coefficient (Wildman–Crippen LogP) is 3.38. The van der Waals surface area contributed by atoms with Gasteiger partial charge in [-0.05, 0) is 25.0 Å². The van der Waals surface area contributed by atoms with Gasteiger partial charge in [-0.2, -0.15) is 0 Å². The Morgan fingerprint density at radius 2 is 2.11 bits per heavy atom. The number of rotatable bonds is 5. The summed E-state index contributed by atoms with van der Waals surface area (Å²) in [5.41, 5.74) is 3.94. The lowest BCUT2D eigenvalue weighted by Crippen LogP contribution is -2.27. The zero-order valence-electron chi connectivity index (χ0n) is 12.0. The van der Waals surface area contributed by atoms with Gasteiger partial charge in [0.25, 0.3) is 0 Å². The lowest BCUT2D eigenvalue weighted by atomic mass is 10.1. The SMILES string of the molecule is C#CC(CCC)NCc1c(C)c2ccccc2n1C. The Hall–Kier alpha value is -1.72. The molecule has 1 aromatic carbocycles. The fourth-order valence-electron chi connectivity index (χ4n) is 2.64. The monoisotopic (exact) mass is 254 g/mol. The summed E-state index contributed by atoms with van der Waals surface area (Å²) in [4.78, 5) is 0. The standard InChI is InChI=1S/C17H22N2/c1-5-9-14(6-2)18-12-17-13(3)15-10-7-8-11-16(15)19(17)4/h2,7-8,10-11,14,18H,5,9,12H2,1,3-4H3. The Bertz CT molecular complexity index is 562. The Balaban J connectivity index is 2.24. The Morgan fingerprint density at radius 3 is 2.74 bits per heavy atom. The lowest BCUT2D eigenvalue weighted by molar-refractivity contribution is 0.550. The van der Waals surface area contributed by atoms with Gasteiger partial charge < -0.3 is 4.57 Å². The van der Waals surface area contributed by atoms with Crippen molar-refractivity contribution in [2.75, 3.05) is 0 Å². The average Bonchev–Trinajstić information content (AvgIpc) is 2.68. The molecule has 0 saturated carbocycles. The highest BCUT2D eigenvalue weighted by Gasteiger charge is 2.12. The number of fused-ring (bicyclic) bond motifs is 1. The van der Waals surface area contributed by atoms with Gasteiger partial charge in [-0.25, -0.2) is 0 Å². The van der Waals surface area contributed by atoms with Crippen molar-refractivity contribution in [3.05, 3.63) is 35.5 Å². The van der Waals surface area contributed by atoms with Crippen molar-refractivity contribution in [1.82, 2.24) is 9.88 Å². The van der Waals surface area contributed by atoms with Crippen molar-refractivity contribution in [2.24, 2.45) is 7.05 Å². The van der Waals surface area contributed by atoms with Crippen LogP contribution < -0.4 is 5.32 Å². The zero-order chi connectivity index (χ0) is 13.8. The Morgan fingerprint density at radius 1 is 1.37 bits per heavy atom. The highest BCUT2D eigenvalue weighted by molar-refractivity contribution is 5.85. The third kappa shape index (κ3) is 2.67. The smallest absolute Gasteiger partial charge is 0.0689 e. The van der Waals surface area contributed by atoms with E-state index in [4.69, 9.17) is 6.42 Å². The molecule has 19 heavy (non-hydrogen) atoms. The highest BCUT2D eigenvalue weighted by atomic mass is 15.0. The molecule has 2 heteroatoms. The van der Waals surface area contributed by atoms with E-state index in [0.717, 1.165) is 19.4 Å². The van der Waals surface area contributed by atoms with Gasteiger partial charge in [0.1, 0.15) is 0 Å². The van der Waals surface area contributed by atoms with Crippen LogP contribution in [0.5, 0.6) is 0 Å². The van der Waals surface area contributed by atoms with E-state index in [9.17, 15) is 0 Å². The summed E-state index contributed by atoms with van der Waals surface area (Å²) < 4.78 is 2.26. The van der Waals surface area contributed by atoms with Crippen molar-refractivity contribution in [3.8, 4) is 12.3 Å². The Labute approximate surface area is 115 Å². The molecule has 1 heterocycles. The van der Waals surface area contributed by atoms with Gasteiger partial charge in [-0.15, -0.1) is 6.42 Å². The summed E-state index contributed by atoms with van der Waals surface area (Å²) in [5.74, 6) is 2.83. The fourth-order valence-corrected chi connectivity index (χ4v) is 2.64. The van der Waals surface area contributed by atoms with Crippen LogP contribution in [0.3, 0.4) is 0 Å². The molecule has 0 aliphatic heterocycles. The van der Waals surface area contributed by atoms with Crippen molar-refractivity contribution in [3.63, 3.8) is 0 Å². The van der Waals surface area contributed by atoms with E-state index in [-0.39, 0.29) is 6.04 Å². The zero-order valence-corrected chi connectivity index (χ0v) is 12.0. The van der Waals surface area contributed by atoms with Crippen molar-refractivity contribution in [1.29, 1.82) is 0 Å². The molecule has 1 atom stereocenters. The van der Waals surface area contributed by atoms with Crippen molar-refractivity contribution < 1.29 is 0 Å². The first-order valence-electron chi connectivity index (χ1n) is 6.91. The van der Waals surface area contributed by atoms with Gasteiger partial charge in [0.2, 0.25) is 0 Å². The maximum absolute atomic E-state index is 5.55. The van der Waals surface area contributed by atoms with Gasteiger partial charge in [-0.1, -0.05) is 37.5 Å². The van der Waals surface area contributed by atoms with Crippen LogP contribution >= 0.6 is 0 Å². The molecule has 1 unspecified atom stereocenters. The van der Waals surface area contributed by atoms with Gasteiger partial charge in [0.15, 0.2) is 0 Å². The summed E-state index contributed by atoms with van der Waals surface area (Å²) in [6.45, 7) is 5.17. The van der Waals surface area contributed by atoms with E-state index in [2.05, 4.69) is 61.0 Å². The van der Waals surface area contributed by atoms with Crippen LogP contribution in [-0.4, -0.2) is 10.6 Å². The summed E-state index contributed by atoms with van der Waals surface area (Å²) in [7, 11) is 2.12. The van der Waals surface area contributed by atoms with E-state index in [1.807, 2.05) is 0 Å². The number of terminal acetylenes is 1. The summed E-state index contributed by atoms with van der Waals surface area (Å²) in [5, 5.41) is 4.80. The second kappa shape index (κ2) is 5.95. The molecule has 2 nitrogen and oxygen atoms in total. The molecule has 0 bridgehead atoms. The largest absolute Gasteiger partial charge is 0.346 e. The minimum absolute atomic E-state index is 0.169. The van der Waals surface area contributed by atoms with E-state index in [1.165, 1.54) is 22.2 Å². The molecule has 0 amide bonds. The molecule has 0 spiro atoms. The summed E-state index contributed by atoms with van der Waals surface area (Å²) in [6, 6.07) is 8.69. The maximum atomic E-state index is 5.55. The second-order valence-corrected chi connectivity index (χ2v) is 5.04. The first-order chi connectivity index (χ1) is 9.19. The highest BCUT2D eigenvalue weighted by Crippen LogP contribution is 2.24. The number of aromatic nitrogens is 1. The fraction of sp³-hybridized carbons (Fsp3) is 0.412. The number of benzene rings is 1. The molecular formula is C17H22N2. The minimum Gasteiger partial charge on any atom is -0.346 e. The van der Waals surface area contributed by atoms with E-state index in [0.29, 0.717) is 0 Å². The van der Waals surface area contributed by atoms with E-state index >= 15 is 0 Å². The van der Waals surface area contributed by atoms with Gasteiger partial charge in [0.05, 0.1) is 6.04 Å². The number of nitrogens with one attached hydrogen (secondary N) is 1. The summed E-state index contributed by atoms with van der Waals surface area (Å²) >= 11 is 0. The third-order valence-electron chi connectivity index (χ3n) is 3.80. The number of aryl methyl sites for hydroxylation is 2. The van der Waals surface area contributed by atoms with E-state index < -0.39 is 0 Å². The topological polar surface area (TPSA) is 17.0 Å². The average molecular weight is 254 g/mol. The van der Waals surface area contributed by atoms with Gasteiger partial charge >= 0.3 is 0 Å². The van der Waals surface area contributed by atoms with Crippen molar-refractivity contribution in [2.45, 2.75) is 39.3 Å². The number of para-hydroxylation sites is 1. The third-order valence-corrected chi connectivity index (χ3v) is 3.80. The second-order valence-electron chi connectivity index (χ2n) is 5.04. The normalized spacial score (nSPS) is 12.5. The lowest BCUT2D eigenvalue weighted by Gasteiger charge is -2.13. The molecule has 1 N–H and O–H groups in total. The first-order valence-corrected chi connectivity index (χ1v) is 6.91. The molecule has 0 radical (unpaired) electrons. The predicted molar refractivity (Wildman–Crippen MR) is 82.0 cm³/mol. The minimum atomic E-state index is 0.169. The maximum Gasteiger partial charge on any atom is 0.0689 e. The van der Waals surface area contributed by atoms with Crippen LogP contribution in [0.25, 0.3) is 10.9 Å². The Kier molecular flexibility index (Phi) is 4.29. The molecule has 0 aliphatic carbocycles. The van der Waals surface area contributed by atoms with Gasteiger partial charge in [-0.3, -0.25) is 5.32 Å². The van der Waals surface area contributed by atoms with Crippen molar-refractivity contribution >= 4 is 10.9 Å². The molecular weight excluding hydrogens is 232 g/mol. The molecule has 2 rings (SSSR count). The number of nitrogens with zero attached hydrogens (tertiary/aromatic N) is 1. The van der Waals surface area contributed by atoms with E-state index in [1.54, 1.807) is 0 Å². The molecule has 1 aromatic heterocycles. The first kappa shape index (κ1) is 13.7. The quantitative estimate of drug-likeness (QED) is 0.809. The molecule has 0 fully saturated rings. The molecule has 0 saturated heterocycles. The van der Waals surface area contributed by atoms with Crippen LogP contribution in [0, 0.1) is 19.3 Å².